The molecule has 136 valence electrons. The summed E-state index contributed by atoms with van der Waals surface area (Å²) >= 11 is 0. The molecule has 0 spiro atoms. The molecule has 1 unspecified atom stereocenters. The number of hydrogen-bond acceptors (Lipinski definition) is 4. The standard InChI is InChI=1S/C18H26N4O3/c1-11-19-14(10-15(23)20-11)12-5-7-22(8-6-12)17(25)13-9-16(24)21(4)18(13,2)3/h10,12-13H,5-9H2,1-4H3,(H,19,20,23). The molecule has 1 aromatic rings. The van der Waals surface area contributed by atoms with Gasteiger partial charge in [0.25, 0.3) is 5.56 Å². The van der Waals surface area contributed by atoms with Gasteiger partial charge < -0.3 is 14.8 Å². The number of carbonyl (C=O) groups is 2. The van der Waals surface area contributed by atoms with E-state index in [4.69, 9.17) is 0 Å². The van der Waals surface area contributed by atoms with Crippen LogP contribution in [0.15, 0.2) is 10.9 Å². The van der Waals surface area contributed by atoms with Crippen molar-refractivity contribution in [1.82, 2.24) is 19.8 Å². The van der Waals surface area contributed by atoms with Crippen LogP contribution in [0.3, 0.4) is 0 Å². The van der Waals surface area contributed by atoms with Crippen molar-refractivity contribution in [3.63, 3.8) is 0 Å². The molecule has 3 heterocycles. The molecular weight excluding hydrogens is 320 g/mol. The van der Waals surface area contributed by atoms with E-state index in [0.29, 0.717) is 18.9 Å². The lowest BCUT2D eigenvalue weighted by atomic mass is 9.86. The highest BCUT2D eigenvalue weighted by Crippen LogP contribution is 2.36. The molecule has 25 heavy (non-hydrogen) atoms. The fourth-order valence-electron chi connectivity index (χ4n) is 3.93. The van der Waals surface area contributed by atoms with Gasteiger partial charge in [0.2, 0.25) is 11.8 Å². The molecule has 0 aromatic carbocycles. The third-order valence-corrected chi connectivity index (χ3v) is 5.87. The maximum absolute atomic E-state index is 12.9. The number of aromatic nitrogens is 2. The highest BCUT2D eigenvalue weighted by atomic mass is 16.2. The third-order valence-electron chi connectivity index (χ3n) is 5.87. The molecule has 7 heteroatoms. The number of piperidine rings is 1. The Morgan fingerprint density at radius 3 is 2.44 bits per heavy atom. The molecule has 2 saturated heterocycles. The van der Waals surface area contributed by atoms with Gasteiger partial charge in [-0.1, -0.05) is 0 Å². The Balaban J connectivity index is 1.67. The topological polar surface area (TPSA) is 86.4 Å². The summed E-state index contributed by atoms with van der Waals surface area (Å²) in [7, 11) is 1.77. The molecule has 2 fully saturated rings. The molecule has 0 bridgehead atoms. The van der Waals surface area contributed by atoms with Crippen molar-refractivity contribution in [3.8, 4) is 0 Å². The van der Waals surface area contributed by atoms with Gasteiger partial charge in [0.1, 0.15) is 5.82 Å². The molecule has 2 aliphatic heterocycles. The zero-order valence-electron chi connectivity index (χ0n) is 15.3. The summed E-state index contributed by atoms with van der Waals surface area (Å²) in [6.45, 7) is 6.97. The minimum atomic E-state index is -0.448. The van der Waals surface area contributed by atoms with Crippen molar-refractivity contribution < 1.29 is 9.59 Å². The Kier molecular flexibility index (Phi) is 4.43. The zero-order chi connectivity index (χ0) is 18.4. The first-order valence-electron chi connectivity index (χ1n) is 8.83. The number of aromatic amines is 1. The maximum atomic E-state index is 12.9. The summed E-state index contributed by atoms with van der Waals surface area (Å²) in [6, 6.07) is 1.56. The third kappa shape index (κ3) is 3.19. The fourth-order valence-corrected chi connectivity index (χ4v) is 3.93. The second-order valence-corrected chi connectivity index (χ2v) is 7.72. The highest BCUT2D eigenvalue weighted by molar-refractivity contribution is 5.91. The quantitative estimate of drug-likeness (QED) is 0.867. The molecule has 1 atom stereocenters. The Morgan fingerprint density at radius 2 is 1.92 bits per heavy atom. The molecule has 7 nitrogen and oxygen atoms in total. The molecule has 0 saturated carbocycles. The molecular formula is C18H26N4O3. The minimum absolute atomic E-state index is 0.0291. The lowest BCUT2D eigenvalue weighted by molar-refractivity contribution is -0.138. The van der Waals surface area contributed by atoms with Crippen LogP contribution in [-0.4, -0.2) is 57.3 Å². The maximum Gasteiger partial charge on any atom is 0.251 e. The summed E-state index contributed by atoms with van der Waals surface area (Å²) < 4.78 is 0. The number of nitrogens with one attached hydrogen (secondary N) is 1. The summed E-state index contributed by atoms with van der Waals surface area (Å²) in [5.74, 6) is 0.625. The van der Waals surface area contributed by atoms with Gasteiger partial charge in [-0.25, -0.2) is 4.98 Å². The molecule has 3 rings (SSSR count). The summed E-state index contributed by atoms with van der Waals surface area (Å²) in [4.78, 5) is 47.2. The number of H-pyrrole nitrogens is 1. The van der Waals surface area contributed by atoms with E-state index in [1.807, 2.05) is 18.7 Å². The number of rotatable bonds is 2. The first-order valence-corrected chi connectivity index (χ1v) is 8.83. The number of aryl methyl sites for hydroxylation is 1. The second kappa shape index (κ2) is 6.28. The summed E-state index contributed by atoms with van der Waals surface area (Å²) in [5.41, 5.74) is 0.232. The number of nitrogens with zero attached hydrogens (tertiary/aromatic N) is 3. The van der Waals surface area contributed by atoms with Gasteiger partial charge in [0.05, 0.1) is 11.6 Å². The van der Waals surface area contributed by atoms with Gasteiger partial charge in [-0.3, -0.25) is 14.4 Å². The van der Waals surface area contributed by atoms with E-state index in [9.17, 15) is 14.4 Å². The zero-order valence-corrected chi connectivity index (χ0v) is 15.3. The van der Waals surface area contributed by atoms with Crippen LogP contribution in [0.1, 0.15) is 50.5 Å². The van der Waals surface area contributed by atoms with E-state index in [-0.39, 0.29) is 35.6 Å². The van der Waals surface area contributed by atoms with E-state index < -0.39 is 5.54 Å². The van der Waals surface area contributed by atoms with Crippen LogP contribution in [0, 0.1) is 12.8 Å². The first-order chi connectivity index (χ1) is 11.7. The van der Waals surface area contributed by atoms with Gasteiger partial charge in [-0.15, -0.1) is 0 Å². The Hall–Kier alpha value is -2.18. The average Bonchev–Trinajstić information content (AvgIpc) is 2.76. The van der Waals surface area contributed by atoms with Crippen LogP contribution in [0.5, 0.6) is 0 Å². The van der Waals surface area contributed by atoms with Crippen molar-refractivity contribution in [3.05, 3.63) is 27.9 Å². The lowest BCUT2D eigenvalue weighted by Gasteiger charge is -2.38. The Morgan fingerprint density at radius 1 is 1.28 bits per heavy atom. The number of hydrogen-bond donors (Lipinski definition) is 1. The predicted octanol–water partition coefficient (Wildman–Crippen LogP) is 1.04. The normalized spacial score (nSPS) is 24.0. The summed E-state index contributed by atoms with van der Waals surface area (Å²) in [6.07, 6.45) is 1.87. The Bertz CT molecular complexity index is 747. The second-order valence-electron chi connectivity index (χ2n) is 7.72. The molecule has 2 amide bonds. The van der Waals surface area contributed by atoms with E-state index in [1.165, 1.54) is 0 Å². The van der Waals surface area contributed by atoms with Crippen molar-refractivity contribution in [1.29, 1.82) is 0 Å². The Labute approximate surface area is 147 Å². The molecule has 1 aromatic heterocycles. The smallest absolute Gasteiger partial charge is 0.251 e. The van der Waals surface area contributed by atoms with Crippen molar-refractivity contribution in [2.45, 2.75) is 51.5 Å². The largest absolute Gasteiger partial charge is 0.342 e. The van der Waals surface area contributed by atoms with Crippen LogP contribution in [0.25, 0.3) is 0 Å². The number of likely N-dealkylation sites (tertiary alicyclic amines) is 2. The van der Waals surface area contributed by atoms with Gasteiger partial charge in [0, 0.05) is 44.1 Å². The van der Waals surface area contributed by atoms with Crippen LogP contribution in [-0.2, 0) is 9.59 Å². The van der Waals surface area contributed by atoms with Crippen molar-refractivity contribution in [2.24, 2.45) is 5.92 Å². The average molecular weight is 346 g/mol. The van der Waals surface area contributed by atoms with E-state index in [2.05, 4.69) is 9.97 Å². The molecule has 2 aliphatic rings. The van der Waals surface area contributed by atoms with Crippen LogP contribution >= 0.6 is 0 Å². The van der Waals surface area contributed by atoms with Crippen molar-refractivity contribution in [2.75, 3.05) is 20.1 Å². The van der Waals surface area contributed by atoms with Crippen LogP contribution in [0.4, 0.5) is 0 Å². The first kappa shape index (κ1) is 17.6. The van der Waals surface area contributed by atoms with E-state index in [0.717, 1.165) is 18.5 Å². The van der Waals surface area contributed by atoms with Gasteiger partial charge in [-0.2, -0.15) is 0 Å². The van der Waals surface area contributed by atoms with E-state index >= 15 is 0 Å². The minimum Gasteiger partial charge on any atom is -0.342 e. The summed E-state index contributed by atoms with van der Waals surface area (Å²) in [5, 5.41) is 0. The van der Waals surface area contributed by atoms with Crippen LogP contribution < -0.4 is 5.56 Å². The van der Waals surface area contributed by atoms with Crippen LogP contribution in [0.2, 0.25) is 0 Å². The number of carbonyl (C=O) groups excluding carboxylic acids is 2. The SMILES string of the molecule is Cc1nc(C2CCN(C(=O)C3CC(=O)N(C)C3(C)C)CC2)cc(=O)[nH]1. The lowest BCUT2D eigenvalue weighted by Crippen LogP contribution is -2.49. The molecule has 0 radical (unpaired) electrons. The van der Waals surface area contributed by atoms with E-state index in [1.54, 1.807) is 24.9 Å². The monoisotopic (exact) mass is 346 g/mol. The van der Waals surface area contributed by atoms with Crippen molar-refractivity contribution >= 4 is 11.8 Å². The molecule has 0 aliphatic carbocycles. The van der Waals surface area contributed by atoms with Gasteiger partial charge >= 0.3 is 0 Å². The van der Waals surface area contributed by atoms with Gasteiger partial charge in [0.15, 0.2) is 0 Å². The fraction of sp³-hybridized carbons (Fsp3) is 0.667. The highest BCUT2D eigenvalue weighted by Gasteiger charge is 2.49. The molecule has 1 N–H and O–H groups in total. The number of amides is 2. The van der Waals surface area contributed by atoms with Gasteiger partial charge in [-0.05, 0) is 33.6 Å². The predicted molar refractivity (Wildman–Crippen MR) is 93.1 cm³/mol.